The van der Waals surface area contributed by atoms with Gasteiger partial charge < -0.3 is 18.7 Å². The smallest absolute Gasteiger partial charge is 0.361 e. The number of ether oxygens (including phenoxy) is 3. The number of hydrogen-bond acceptors (Lipinski definition) is 5. The minimum absolute atomic E-state index is 0.0129. The number of quaternary nitrogens is 1. The average Bonchev–Trinajstić information content (AvgIpc) is 3.04. The van der Waals surface area contributed by atoms with E-state index in [1.807, 2.05) is 44.4 Å². The van der Waals surface area contributed by atoms with Gasteiger partial charge in [-0.05, 0) is 42.7 Å². The Labute approximate surface area is 186 Å². The van der Waals surface area contributed by atoms with Gasteiger partial charge in [-0.25, -0.2) is 4.79 Å². The highest BCUT2D eigenvalue weighted by Crippen LogP contribution is 2.66. The topological polar surface area (TPSA) is 61.8 Å². The molecule has 2 bridgehead atoms. The van der Waals surface area contributed by atoms with Gasteiger partial charge in [-0.15, -0.1) is 0 Å². The molecule has 172 valence electrons. The van der Waals surface area contributed by atoms with E-state index in [9.17, 15) is 9.59 Å². The molecule has 31 heavy (non-hydrogen) atoms. The normalized spacial score (nSPS) is 26.5. The quantitative estimate of drug-likeness (QED) is 0.319. The lowest BCUT2D eigenvalue weighted by molar-refractivity contribution is -0.882. The molecule has 2 saturated carbocycles. The first-order valence-electron chi connectivity index (χ1n) is 11.4. The van der Waals surface area contributed by atoms with Gasteiger partial charge in [-0.2, -0.15) is 0 Å². The number of nitrogens with zero attached hydrogens (tertiary/aromatic N) is 1. The Hall–Kier alpha value is -2.08. The number of benzene rings is 1. The van der Waals surface area contributed by atoms with Gasteiger partial charge >= 0.3 is 11.9 Å². The minimum atomic E-state index is -0.294. The van der Waals surface area contributed by atoms with E-state index < -0.39 is 0 Å². The first kappa shape index (κ1) is 23.6. The predicted octanol–water partition coefficient (Wildman–Crippen LogP) is 3.83. The number of likely N-dealkylation sites (N-methyl/N-ethyl adjacent to an activating group) is 1. The Morgan fingerprint density at radius 1 is 1.06 bits per heavy atom. The molecule has 2 aliphatic rings. The number of hydrogen-bond donors (Lipinski definition) is 0. The fourth-order valence-electron chi connectivity index (χ4n) is 5.23. The van der Waals surface area contributed by atoms with Crippen molar-refractivity contribution in [3.05, 3.63) is 30.3 Å². The molecule has 0 saturated heterocycles. The summed E-state index contributed by atoms with van der Waals surface area (Å²) in [5.74, 6) is 0.937. The van der Waals surface area contributed by atoms with Crippen LogP contribution in [0.3, 0.4) is 0 Å². The van der Waals surface area contributed by atoms with Gasteiger partial charge in [0.2, 0.25) is 0 Å². The van der Waals surface area contributed by atoms with Gasteiger partial charge in [0, 0.05) is 5.41 Å². The fourth-order valence-corrected chi connectivity index (χ4v) is 5.23. The molecule has 0 amide bonds. The summed E-state index contributed by atoms with van der Waals surface area (Å²) in [7, 11) is 3.86. The maximum absolute atomic E-state index is 12.5. The second-order valence-corrected chi connectivity index (χ2v) is 10.5. The van der Waals surface area contributed by atoms with Crippen LogP contribution >= 0.6 is 0 Å². The van der Waals surface area contributed by atoms with E-state index in [1.54, 1.807) is 0 Å². The molecule has 0 N–H and O–H groups in total. The van der Waals surface area contributed by atoms with Crippen LogP contribution in [-0.2, 0) is 19.1 Å². The van der Waals surface area contributed by atoms with Crippen LogP contribution in [0.2, 0.25) is 0 Å². The highest BCUT2D eigenvalue weighted by molar-refractivity contribution is 5.71. The van der Waals surface area contributed by atoms with Crippen molar-refractivity contribution in [1.82, 2.24) is 0 Å². The third kappa shape index (κ3) is 5.40. The summed E-state index contributed by atoms with van der Waals surface area (Å²) in [5.41, 5.74) is 0.296. The maximum atomic E-state index is 12.5. The number of fused-ring (bicyclic) bond motifs is 2. The lowest BCUT2D eigenvalue weighted by atomic mass is 9.70. The highest BCUT2D eigenvalue weighted by atomic mass is 16.6. The Bertz CT molecular complexity index is 775. The van der Waals surface area contributed by atoms with Gasteiger partial charge in [-0.1, -0.05) is 39.0 Å². The van der Waals surface area contributed by atoms with Crippen molar-refractivity contribution in [3.8, 4) is 5.75 Å². The summed E-state index contributed by atoms with van der Waals surface area (Å²) in [6.45, 7) is 8.15. The second-order valence-electron chi connectivity index (χ2n) is 10.5. The van der Waals surface area contributed by atoms with E-state index in [-0.39, 0.29) is 42.0 Å². The van der Waals surface area contributed by atoms with Gasteiger partial charge in [0.05, 0.1) is 27.1 Å². The molecular weight excluding hydrogens is 394 g/mol. The maximum Gasteiger partial charge on any atom is 0.361 e. The largest absolute Gasteiger partial charge is 0.490 e. The summed E-state index contributed by atoms with van der Waals surface area (Å²) < 4.78 is 17.1. The zero-order valence-corrected chi connectivity index (χ0v) is 19.7. The molecule has 0 aromatic heterocycles. The highest BCUT2D eigenvalue weighted by Gasteiger charge is 2.62. The van der Waals surface area contributed by atoms with Crippen LogP contribution in [0.4, 0.5) is 0 Å². The fraction of sp³-hybridized carbons (Fsp3) is 0.680. The van der Waals surface area contributed by atoms with Crippen LogP contribution in [0.5, 0.6) is 5.75 Å². The summed E-state index contributed by atoms with van der Waals surface area (Å²) in [4.78, 5) is 24.7. The molecule has 1 aromatic rings. The number of carbonyl (C=O) groups excluding carboxylic acids is 2. The average molecular weight is 433 g/mol. The summed E-state index contributed by atoms with van der Waals surface area (Å²) >= 11 is 0. The molecule has 0 radical (unpaired) electrons. The first-order valence-corrected chi connectivity index (χ1v) is 11.4. The number of esters is 2. The number of rotatable bonds is 10. The van der Waals surface area contributed by atoms with Crippen molar-refractivity contribution >= 4 is 11.9 Å². The van der Waals surface area contributed by atoms with E-state index in [2.05, 4.69) is 20.8 Å². The third-order valence-corrected chi connectivity index (χ3v) is 7.82. The number of carbonyl (C=O) groups is 2. The summed E-state index contributed by atoms with van der Waals surface area (Å²) in [6.07, 6.45) is 3.66. The zero-order valence-electron chi connectivity index (χ0n) is 19.7. The van der Waals surface area contributed by atoms with Crippen LogP contribution < -0.4 is 4.74 Å². The summed E-state index contributed by atoms with van der Waals surface area (Å²) in [5, 5.41) is 0. The standard InChI is InChI=1S/C25H38NO5/c1-24(2)19-11-13-25(24,3)21(17-19)31-22(27)12-14-26(4,5)18-23(28)30-16-15-29-20-9-7-6-8-10-20/h6-10,19,21H,11-18H2,1-5H3/q+1/t19-,21+,25-/m1/s1. The SMILES string of the molecule is CC1(C)[C@@H]2CC[C@]1(C)[C@@H](OC(=O)CC[N+](C)(C)CC(=O)OCCOc1ccccc1)C2. The Balaban J connectivity index is 1.35. The molecular formula is C25H38NO5+. The number of para-hydroxylation sites is 1. The molecule has 3 atom stereocenters. The van der Waals surface area contributed by atoms with Crippen LogP contribution in [0.25, 0.3) is 0 Å². The first-order chi connectivity index (χ1) is 14.5. The van der Waals surface area contributed by atoms with Crippen molar-refractivity contribution in [2.45, 2.75) is 52.6 Å². The van der Waals surface area contributed by atoms with Crippen LogP contribution in [0.15, 0.2) is 30.3 Å². The van der Waals surface area contributed by atoms with Crippen molar-refractivity contribution < 1.29 is 28.3 Å². The predicted molar refractivity (Wildman–Crippen MR) is 118 cm³/mol. The molecule has 6 nitrogen and oxygen atoms in total. The van der Waals surface area contributed by atoms with Gasteiger partial charge in [0.15, 0.2) is 6.54 Å². The van der Waals surface area contributed by atoms with Crippen molar-refractivity contribution in [2.75, 3.05) is 40.4 Å². The Kier molecular flexibility index (Phi) is 6.99. The molecule has 0 aliphatic heterocycles. The van der Waals surface area contributed by atoms with Crippen molar-refractivity contribution in [2.24, 2.45) is 16.7 Å². The van der Waals surface area contributed by atoms with E-state index in [4.69, 9.17) is 14.2 Å². The van der Waals surface area contributed by atoms with E-state index in [0.29, 0.717) is 30.0 Å². The molecule has 6 heteroatoms. The van der Waals surface area contributed by atoms with Crippen LogP contribution in [0, 0.1) is 16.7 Å². The van der Waals surface area contributed by atoms with Gasteiger partial charge in [0.25, 0.3) is 0 Å². The van der Waals surface area contributed by atoms with E-state index in [1.165, 1.54) is 6.42 Å². The third-order valence-electron chi connectivity index (χ3n) is 7.82. The Morgan fingerprint density at radius 2 is 1.77 bits per heavy atom. The molecule has 3 rings (SSSR count). The molecule has 2 aliphatic carbocycles. The van der Waals surface area contributed by atoms with Crippen LogP contribution in [-0.4, -0.2) is 62.9 Å². The molecule has 0 heterocycles. The van der Waals surface area contributed by atoms with Crippen molar-refractivity contribution in [3.63, 3.8) is 0 Å². The Morgan fingerprint density at radius 3 is 2.39 bits per heavy atom. The monoisotopic (exact) mass is 432 g/mol. The molecule has 0 spiro atoms. The van der Waals surface area contributed by atoms with E-state index >= 15 is 0 Å². The van der Waals surface area contributed by atoms with E-state index in [0.717, 1.165) is 18.6 Å². The van der Waals surface area contributed by atoms with Gasteiger partial charge in [-0.3, -0.25) is 4.79 Å². The lowest BCUT2D eigenvalue weighted by Gasteiger charge is -2.38. The van der Waals surface area contributed by atoms with Crippen molar-refractivity contribution in [1.29, 1.82) is 0 Å². The second kappa shape index (κ2) is 9.19. The van der Waals surface area contributed by atoms with Crippen LogP contribution in [0.1, 0.15) is 46.5 Å². The minimum Gasteiger partial charge on any atom is -0.490 e. The molecule has 1 aromatic carbocycles. The summed E-state index contributed by atoms with van der Waals surface area (Å²) in [6, 6.07) is 9.43. The molecule has 0 unspecified atom stereocenters. The van der Waals surface area contributed by atoms with Gasteiger partial charge in [0.1, 0.15) is 25.1 Å². The zero-order chi connectivity index (χ0) is 22.7. The molecule has 2 fully saturated rings. The lowest BCUT2D eigenvalue weighted by Crippen LogP contribution is -2.46.